The van der Waals surface area contributed by atoms with Crippen LogP contribution < -0.4 is 4.90 Å². The van der Waals surface area contributed by atoms with Gasteiger partial charge in [-0.3, -0.25) is 14.7 Å². The van der Waals surface area contributed by atoms with E-state index in [0.717, 1.165) is 33.5 Å². The lowest BCUT2D eigenvalue weighted by atomic mass is 10.2. The largest absolute Gasteiger partial charge is 0.284 e. The van der Waals surface area contributed by atoms with Crippen molar-refractivity contribution in [2.45, 2.75) is 38.1 Å². The van der Waals surface area contributed by atoms with Crippen molar-refractivity contribution < 1.29 is 4.79 Å². The van der Waals surface area contributed by atoms with E-state index in [9.17, 15) is 4.79 Å². The SMILES string of the molecule is Cc1ccc(SCCCC(=O)N(Cc2ccncc2)c2nc3c(C)cc(Cl)cc3s2)cc1. The molecule has 0 atom stereocenters. The van der Waals surface area contributed by atoms with Crippen LogP contribution in [0.1, 0.15) is 29.5 Å². The maximum absolute atomic E-state index is 13.3. The minimum atomic E-state index is 0.0779. The Bertz CT molecular complexity index is 1210. The highest BCUT2D eigenvalue weighted by Gasteiger charge is 2.21. The Morgan fingerprint density at radius 1 is 1.09 bits per heavy atom. The van der Waals surface area contributed by atoms with Crippen LogP contribution >= 0.6 is 34.7 Å². The molecule has 4 aromatic rings. The summed E-state index contributed by atoms with van der Waals surface area (Å²) in [6.45, 7) is 4.55. The molecule has 0 spiro atoms. The fourth-order valence-electron chi connectivity index (χ4n) is 3.37. The summed E-state index contributed by atoms with van der Waals surface area (Å²) in [5, 5.41) is 1.39. The molecule has 0 aliphatic carbocycles. The van der Waals surface area contributed by atoms with Crippen molar-refractivity contribution in [1.29, 1.82) is 0 Å². The van der Waals surface area contributed by atoms with Crippen molar-refractivity contribution in [1.82, 2.24) is 9.97 Å². The highest BCUT2D eigenvalue weighted by atomic mass is 35.5. The summed E-state index contributed by atoms with van der Waals surface area (Å²) in [4.78, 5) is 25.2. The molecule has 164 valence electrons. The molecule has 0 saturated carbocycles. The molecule has 1 amide bonds. The van der Waals surface area contributed by atoms with Gasteiger partial charge in [0.2, 0.25) is 5.91 Å². The van der Waals surface area contributed by atoms with Gasteiger partial charge in [0.25, 0.3) is 0 Å². The third kappa shape index (κ3) is 5.68. The number of fused-ring (bicyclic) bond motifs is 1. The minimum absolute atomic E-state index is 0.0779. The van der Waals surface area contributed by atoms with Gasteiger partial charge in [0.15, 0.2) is 5.13 Å². The molecular formula is C25H24ClN3OS2. The molecule has 32 heavy (non-hydrogen) atoms. The maximum atomic E-state index is 13.3. The predicted molar refractivity (Wildman–Crippen MR) is 136 cm³/mol. The highest BCUT2D eigenvalue weighted by Crippen LogP contribution is 2.34. The zero-order valence-corrected chi connectivity index (χ0v) is 20.4. The van der Waals surface area contributed by atoms with Crippen LogP contribution in [-0.2, 0) is 11.3 Å². The second-order valence-corrected chi connectivity index (χ2v) is 10.3. The summed E-state index contributed by atoms with van der Waals surface area (Å²) in [6.07, 6.45) is 4.77. The van der Waals surface area contributed by atoms with Gasteiger partial charge in [0.1, 0.15) is 0 Å². The Morgan fingerprint density at radius 2 is 1.84 bits per heavy atom. The van der Waals surface area contributed by atoms with Gasteiger partial charge in [-0.2, -0.15) is 0 Å². The summed E-state index contributed by atoms with van der Waals surface area (Å²) in [5.41, 5.74) is 4.19. The van der Waals surface area contributed by atoms with Gasteiger partial charge in [0.05, 0.1) is 16.8 Å². The van der Waals surface area contributed by atoms with Crippen LogP contribution in [0.2, 0.25) is 5.02 Å². The molecular weight excluding hydrogens is 458 g/mol. The van der Waals surface area contributed by atoms with Crippen LogP contribution in [0, 0.1) is 13.8 Å². The number of halogens is 1. The lowest BCUT2D eigenvalue weighted by Gasteiger charge is -2.20. The van der Waals surface area contributed by atoms with E-state index in [2.05, 4.69) is 36.2 Å². The normalized spacial score (nSPS) is 11.1. The fourth-order valence-corrected chi connectivity index (χ4v) is 5.66. The van der Waals surface area contributed by atoms with E-state index in [0.29, 0.717) is 23.1 Å². The number of hydrogen-bond acceptors (Lipinski definition) is 5. The summed E-state index contributed by atoms with van der Waals surface area (Å²) >= 11 is 9.53. The fraction of sp³-hybridized carbons (Fsp3) is 0.240. The number of pyridine rings is 1. The Hall–Kier alpha value is -2.41. The molecule has 2 aromatic heterocycles. The van der Waals surface area contributed by atoms with Gasteiger partial charge in [-0.15, -0.1) is 11.8 Å². The average molecular weight is 482 g/mol. The molecule has 0 fully saturated rings. The number of nitrogens with zero attached hydrogens (tertiary/aromatic N) is 3. The summed E-state index contributed by atoms with van der Waals surface area (Å²) < 4.78 is 0.993. The highest BCUT2D eigenvalue weighted by molar-refractivity contribution is 7.99. The van der Waals surface area contributed by atoms with Crippen molar-refractivity contribution >= 4 is 56.0 Å². The summed E-state index contributed by atoms with van der Waals surface area (Å²) in [5.74, 6) is 0.973. The van der Waals surface area contributed by atoms with Crippen LogP contribution in [-0.4, -0.2) is 21.6 Å². The number of hydrogen-bond donors (Lipinski definition) is 0. The zero-order chi connectivity index (χ0) is 22.5. The second-order valence-electron chi connectivity index (χ2n) is 7.67. The van der Waals surface area contributed by atoms with Gasteiger partial charge >= 0.3 is 0 Å². The molecule has 0 unspecified atom stereocenters. The summed E-state index contributed by atoms with van der Waals surface area (Å²) in [6, 6.07) is 16.2. The van der Waals surface area contributed by atoms with E-state index in [4.69, 9.17) is 16.6 Å². The smallest absolute Gasteiger partial charge is 0.229 e. The first kappa shape index (κ1) is 22.8. The van der Waals surface area contributed by atoms with E-state index in [1.54, 1.807) is 29.1 Å². The quantitative estimate of drug-likeness (QED) is 0.199. The standard InChI is InChI=1S/C25H24ClN3OS2/c1-17-5-7-21(8-6-17)31-13-3-4-23(30)29(16-19-9-11-27-12-10-19)25-28-24-18(2)14-20(26)15-22(24)32-25/h5-12,14-15H,3-4,13,16H2,1-2H3. The number of aromatic nitrogens is 2. The lowest BCUT2D eigenvalue weighted by molar-refractivity contribution is -0.118. The van der Waals surface area contributed by atoms with Crippen LogP contribution in [0.4, 0.5) is 5.13 Å². The monoisotopic (exact) mass is 481 g/mol. The van der Waals surface area contributed by atoms with Crippen molar-refractivity contribution in [3.05, 3.63) is 82.6 Å². The van der Waals surface area contributed by atoms with Gasteiger partial charge in [0, 0.05) is 28.7 Å². The van der Waals surface area contributed by atoms with Crippen molar-refractivity contribution in [3.63, 3.8) is 0 Å². The van der Waals surface area contributed by atoms with Crippen LogP contribution in [0.25, 0.3) is 10.2 Å². The first-order chi connectivity index (χ1) is 15.5. The Kier molecular flexibility index (Phi) is 7.45. The van der Waals surface area contributed by atoms with Crippen molar-refractivity contribution in [3.8, 4) is 0 Å². The third-order valence-electron chi connectivity index (χ3n) is 5.09. The van der Waals surface area contributed by atoms with Gasteiger partial charge in [-0.1, -0.05) is 40.6 Å². The van der Waals surface area contributed by atoms with Gasteiger partial charge < -0.3 is 0 Å². The van der Waals surface area contributed by atoms with Gasteiger partial charge in [-0.05, 0) is 73.5 Å². The molecule has 0 saturated heterocycles. The van der Waals surface area contributed by atoms with E-state index < -0.39 is 0 Å². The van der Waals surface area contributed by atoms with E-state index in [-0.39, 0.29) is 5.91 Å². The molecule has 4 rings (SSSR count). The number of thioether (sulfide) groups is 1. The molecule has 0 aliphatic heterocycles. The van der Waals surface area contributed by atoms with E-state index >= 15 is 0 Å². The third-order valence-corrected chi connectivity index (χ3v) is 7.43. The lowest BCUT2D eigenvalue weighted by Crippen LogP contribution is -2.30. The average Bonchev–Trinajstić information content (AvgIpc) is 3.21. The first-order valence-corrected chi connectivity index (χ1v) is 12.6. The number of carbonyl (C=O) groups is 1. The number of thiazole rings is 1. The van der Waals surface area contributed by atoms with Crippen molar-refractivity contribution in [2.75, 3.05) is 10.7 Å². The Labute approximate surface area is 201 Å². The van der Waals surface area contributed by atoms with Crippen LogP contribution in [0.15, 0.2) is 65.8 Å². The molecule has 0 aliphatic rings. The molecule has 4 nitrogen and oxygen atoms in total. The number of amides is 1. The number of rotatable bonds is 8. The Balaban J connectivity index is 1.49. The number of carbonyl (C=O) groups excluding carboxylic acids is 1. The summed E-state index contributed by atoms with van der Waals surface area (Å²) in [7, 11) is 0. The zero-order valence-electron chi connectivity index (χ0n) is 18.0. The minimum Gasteiger partial charge on any atom is -0.284 e. The molecule has 0 N–H and O–H groups in total. The van der Waals surface area contributed by atoms with E-state index in [1.165, 1.54) is 21.8 Å². The molecule has 7 heteroatoms. The maximum Gasteiger partial charge on any atom is 0.229 e. The Morgan fingerprint density at radius 3 is 2.59 bits per heavy atom. The molecule has 2 aromatic carbocycles. The predicted octanol–water partition coefficient (Wildman–Crippen LogP) is 7.07. The second kappa shape index (κ2) is 10.5. The molecule has 0 radical (unpaired) electrons. The van der Waals surface area contributed by atoms with E-state index in [1.807, 2.05) is 31.2 Å². The van der Waals surface area contributed by atoms with Gasteiger partial charge in [-0.25, -0.2) is 4.98 Å². The number of aryl methyl sites for hydroxylation is 2. The van der Waals surface area contributed by atoms with Crippen molar-refractivity contribution in [2.24, 2.45) is 0 Å². The van der Waals surface area contributed by atoms with Crippen LogP contribution in [0.3, 0.4) is 0 Å². The number of anilines is 1. The number of benzene rings is 2. The molecule has 0 bridgehead atoms. The topological polar surface area (TPSA) is 46.1 Å². The first-order valence-electron chi connectivity index (χ1n) is 10.4. The van der Waals surface area contributed by atoms with Crippen LogP contribution in [0.5, 0.6) is 0 Å². The molecule has 2 heterocycles.